The maximum atomic E-state index is 4.69. The summed E-state index contributed by atoms with van der Waals surface area (Å²) in [6, 6.07) is 0.383. The molecule has 1 aromatic rings. The van der Waals surface area contributed by atoms with E-state index in [2.05, 4.69) is 58.1 Å². The first-order valence-electron chi connectivity index (χ1n) is 8.57. The van der Waals surface area contributed by atoms with Gasteiger partial charge in [-0.05, 0) is 32.6 Å². The first-order valence-corrected chi connectivity index (χ1v) is 8.57. The largest absolute Gasteiger partial charge is 0.357 e. The number of rotatable bonds is 5. The number of guanidine groups is 1. The molecule has 0 saturated carbocycles. The number of nitrogens with one attached hydrogen (secondary N) is 2. The van der Waals surface area contributed by atoms with Gasteiger partial charge in [-0.1, -0.05) is 20.3 Å². The highest BCUT2D eigenvalue weighted by Gasteiger charge is 2.15. The summed E-state index contributed by atoms with van der Waals surface area (Å²) < 4.78 is 2.26. The molecule has 7 heteroatoms. The van der Waals surface area contributed by atoms with Gasteiger partial charge in [0.1, 0.15) is 12.4 Å². The molecule has 1 aromatic heterocycles. The van der Waals surface area contributed by atoms with Crippen LogP contribution in [0.1, 0.15) is 58.6 Å². The number of nitrogens with zero attached hydrogens (tertiary/aromatic N) is 4. The van der Waals surface area contributed by atoms with Crippen LogP contribution in [0.5, 0.6) is 0 Å². The smallest absolute Gasteiger partial charge is 0.191 e. The fourth-order valence-electron chi connectivity index (χ4n) is 2.51. The molecule has 0 aromatic carbocycles. The second-order valence-electron chi connectivity index (χ2n) is 6.37. The average molecular weight is 434 g/mol. The van der Waals surface area contributed by atoms with Crippen LogP contribution in [0.25, 0.3) is 0 Å². The van der Waals surface area contributed by atoms with E-state index in [1.165, 1.54) is 19.3 Å². The number of fused-ring (bicyclic) bond motifs is 1. The molecule has 1 atom stereocenters. The van der Waals surface area contributed by atoms with Gasteiger partial charge in [0.15, 0.2) is 11.8 Å². The van der Waals surface area contributed by atoms with Crippen LogP contribution >= 0.6 is 24.0 Å². The zero-order chi connectivity index (χ0) is 15.9. The summed E-state index contributed by atoms with van der Waals surface area (Å²) in [6.07, 6.45) is 4.75. The van der Waals surface area contributed by atoms with E-state index in [0.29, 0.717) is 18.5 Å². The standard InChI is InChI=1S/C16H30N6.HI/c1-5-17-16(19-13(4)12(2)3)18-11-15-21-20-14-9-7-6-8-10-22(14)15;/h12-13H,5-11H2,1-4H3,(H2,17,18,19);1H. The van der Waals surface area contributed by atoms with Crippen molar-refractivity contribution in [3.8, 4) is 0 Å². The molecule has 1 aliphatic rings. The van der Waals surface area contributed by atoms with E-state index in [0.717, 1.165) is 37.1 Å². The van der Waals surface area contributed by atoms with Crippen molar-refractivity contribution in [3.05, 3.63) is 11.6 Å². The molecule has 2 rings (SSSR count). The highest BCUT2D eigenvalue weighted by molar-refractivity contribution is 14.0. The van der Waals surface area contributed by atoms with Gasteiger partial charge in [-0.2, -0.15) is 0 Å². The van der Waals surface area contributed by atoms with E-state index in [-0.39, 0.29) is 24.0 Å². The zero-order valence-electron chi connectivity index (χ0n) is 14.8. The predicted molar refractivity (Wildman–Crippen MR) is 105 cm³/mol. The Hall–Kier alpha value is -0.860. The first-order chi connectivity index (χ1) is 10.6. The average Bonchev–Trinajstić information content (AvgIpc) is 2.72. The summed E-state index contributed by atoms with van der Waals surface area (Å²) >= 11 is 0. The third kappa shape index (κ3) is 5.93. The van der Waals surface area contributed by atoms with Crippen LogP contribution in [0.3, 0.4) is 0 Å². The van der Waals surface area contributed by atoms with Gasteiger partial charge in [-0.25, -0.2) is 4.99 Å². The molecule has 132 valence electrons. The number of aromatic nitrogens is 3. The van der Waals surface area contributed by atoms with Crippen molar-refractivity contribution >= 4 is 29.9 Å². The van der Waals surface area contributed by atoms with E-state index in [4.69, 9.17) is 0 Å². The number of halogens is 1. The van der Waals surface area contributed by atoms with Crippen LogP contribution in [0, 0.1) is 5.92 Å². The lowest BCUT2D eigenvalue weighted by molar-refractivity contribution is 0.480. The molecule has 0 amide bonds. The molecule has 0 bridgehead atoms. The first kappa shape index (κ1) is 20.2. The molecule has 2 heterocycles. The summed E-state index contributed by atoms with van der Waals surface area (Å²) in [4.78, 5) is 4.69. The van der Waals surface area contributed by atoms with E-state index in [1.54, 1.807) is 0 Å². The summed E-state index contributed by atoms with van der Waals surface area (Å²) in [5.74, 6) is 3.52. The third-order valence-electron chi connectivity index (χ3n) is 4.27. The van der Waals surface area contributed by atoms with Crippen LogP contribution < -0.4 is 10.6 Å². The Balaban J connectivity index is 0.00000264. The molecule has 1 unspecified atom stereocenters. The summed E-state index contributed by atoms with van der Waals surface area (Å²) in [6.45, 7) is 11.1. The summed E-state index contributed by atoms with van der Waals surface area (Å²) in [5, 5.41) is 15.4. The molecule has 23 heavy (non-hydrogen) atoms. The molecule has 6 nitrogen and oxygen atoms in total. The van der Waals surface area contributed by atoms with Crippen molar-refractivity contribution in [2.75, 3.05) is 6.54 Å². The second kappa shape index (κ2) is 10.1. The van der Waals surface area contributed by atoms with E-state index < -0.39 is 0 Å². The second-order valence-corrected chi connectivity index (χ2v) is 6.37. The fraction of sp³-hybridized carbons (Fsp3) is 0.812. The molecule has 0 radical (unpaired) electrons. The lowest BCUT2D eigenvalue weighted by atomic mass is 10.1. The number of aryl methyl sites for hydroxylation is 1. The van der Waals surface area contributed by atoms with Crippen molar-refractivity contribution in [1.29, 1.82) is 0 Å². The van der Waals surface area contributed by atoms with Crippen molar-refractivity contribution in [2.45, 2.75) is 72.5 Å². The van der Waals surface area contributed by atoms with E-state index >= 15 is 0 Å². The van der Waals surface area contributed by atoms with Gasteiger partial charge in [0.2, 0.25) is 0 Å². The molecule has 0 spiro atoms. The van der Waals surface area contributed by atoms with Crippen molar-refractivity contribution in [2.24, 2.45) is 10.9 Å². The van der Waals surface area contributed by atoms with Gasteiger partial charge in [-0.15, -0.1) is 34.2 Å². The molecular formula is C16H31IN6. The Morgan fingerprint density at radius 3 is 2.70 bits per heavy atom. The Bertz CT molecular complexity index is 497. The predicted octanol–water partition coefficient (Wildman–Crippen LogP) is 2.72. The summed E-state index contributed by atoms with van der Waals surface area (Å²) in [5.41, 5.74) is 0. The SMILES string of the molecule is CCNC(=NCc1nnc2n1CCCCC2)NC(C)C(C)C.I. The maximum absolute atomic E-state index is 4.69. The topological polar surface area (TPSA) is 67.1 Å². The Morgan fingerprint density at radius 2 is 2.00 bits per heavy atom. The molecule has 0 saturated heterocycles. The molecular weight excluding hydrogens is 403 g/mol. The number of aliphatic imine (C=N–C) groups is 1. The highest BCUT2D eigenvalue weighted by atomic mass is 127. The van der Waals surface area contributed by atoms with Crippen molar-refractivity contribution in [1.82, 2.24) is 25.4 Å². The van der Waals surface area contributed by atoms with Gasteiger partial charge in [0, 0.05) is 25.6 Å². The van der Waals surface area contributed by atoms with Crippen LogP contribution in [0.4, 0.5) is 0 Å². The highest BCUT2D eigenvalue weighted by Crippen LogP contribution is 2.14. The van der Waals surface area contributed by atoms with Gasteiger partial charge in [-0.3, -0.25) is 0 Å². The van der Waals surface area contributed by atoms with Crippen LogP contribution in [-0.4, -0.2) is 33.3 Å². The van der Waals surface area contributed by atoms with Gasteiger partial charge in [0.05, 0.1) is 0 Å². The van der Waals surface area contributed by atoms with Gasteiger partial charge >= 0.3 is 0 Å². The molecule has 0 fully saturated rings. The minimum absolute atomic E-state index is 0. The van der Waals surface area contributed by atoms with Gasteiger partial charge in [0.25, 0.3) is 0 Å². The molecule has 0 aliphatic carbocycles. The van der Waals surface area contributed by atoms with Crippen molar-refractivity contribution in [3.63, 3.8) is 0 Å². The van der Waals surface area contributed by atoms with Crippen LogP contribution in [-0.2, 0) is 19.5 Å². The van der Waals surface area contributed by atoms with E-state index in [1.807, 2.05) is 0 Å². The zero-order valence-corrected chi connectivity index (χ0v) is 17.1. The Morgan fingerprint density at radius 1 is 1.22 bits per heavy atom. The monoisotopic (exact) mass is 434 g/mol. The minimum atomic E-state index is 0. The number of hydrogen-bond donors (Lipinski definition) is 2. The maximum Gasteiger partial charge on any atom is 0.191 e. The third-order valence-corrected chi connectivity index (χ3v) is 4.27. The fourth-order valence-corrected chi connectivity index (χ4v) is 2.51. The minimum Gasteiger partial charge on any atom is -0.357 e. The molecule has 2 N–H and O–H groups in total. The Labute approximate surface area is 157 Å². The van der Waals surface area contributed by atoms with Crippen LogP contribution in [0.15, 0.2) is 4.99 Å². The molecule has 1 aliphatic heterocycles. The van der Waals surface area contributed by atoms with Crippen LogP contribution in [0.2, 0.25) is 0 Å². The lowest BCUT2D eigenvalue weighted by Crippen LogP contribution is -2.44. The normalized spacial score (nSPS) is 16.3. The number of hydrogen-bond acceptors (Lipinski definition) is 3. The van der Waals surface area contributed by atoms with Gasteiger partial charge < -0.3 is 15.2 Å². The Kier molecular flexibility index (Phi) is 8.86. The van der Waals surface area contributed by atoms with Crippen molar-refractivity contribution < 1.29 is 0 Å². The lowest BCUT2D eigenvalue weighted by Gasteiger charge is -2.20. The van der Waals surface area contributed by atoms with E-state index in [9.17, 15) is 0 Å². The quantitative estimate of drug-likeness (QED) is 0.425. The summed E-state index contributed by atoms with van der Waals surface area (Å²) in [7, 11) is 0.